The summed E-state index contributed by atoms with van der Waals surface area (Å²) in [5.41, 5.74) is -0.309. The molecule has 5 heteroatoms. The van der Waals surface area contributed by atoms with E-state index in [-0.39, 0.29) is 0 Å². The van der Waals surface area contributed by atoms with Crippen molar-refractivity contribution >= 4 is 12.3 Å². The minimum Gasteiger partial charge on any atom is -0.423 e. The average Bonchev–Trinajstić information content (AvgIpc) is 2.55. The zero-order valence-corrected chi connectivity index (χ0v) is 14.8. The highest BCUT2D eigenvalue weighted by atomic mass is 16.8. The van der Waals surface area contributed by atoms with E-state index in [1.54, 1.807) is 27.7 Å². The van der Waals surface area contributed by atoms with Crippen molar-refractivity contribution in [2.75, 3.05) is 0 Å². The number of hydrogen-bond acceptors (Lipinski definition) is 5. The van der Waals surface area contributed by atoms with Crippen LogP contribution >= 0.6 is 0 Å². The van der Waals surface area contributed by atoms with Crippen LogP contribution in [0.5, 0.6) is 0 Å². The molecule has 0 aliphatic heterocycles. The molecule has 0 aliphatic carbocycles. The van der Waals surface area contributed by atoms with Crippen LogP contribution in [0.4, 0.5) is 9.59 Å². The largest absolute Gasteiger partial charge is 0.519 e. The fourth-order valence-electron chi connectivity index (χ4n) is 2.32. The van der Waals surface area contributed by atoms with E-state index in [0.717, 1.165) is 11.1 Å². The van der Waals surface area contributed by atoms with Crippen molar-refractivity contribution in [3.63, 3.8) is 0 Å². The van der Waals surface area contributed by atoms with Gasteiger partial charge >= 0.3 is 12.3 Å². The predicted molar refractivity (Wildman–Crippen MR) is 93.0 cm³/mol. The maximum Gasteiger partial charge on any atom is 0.519 e. The van der Waals surface area contributed by atoms with E-state index in [9.17, 15) is 9.59 Å². The lowest BCUT2D eigenvalue weighted by atomic mass is 9.98. The molecule has 0 atom stereocenters. The van der Waals surface area contributed by atoms with Crippen molar-refractivity contribution < 1.29 is 23.8 Å². The van der Waals surface area contributed by atoms with Crippen LogP contribution in [0.1, 0.15) is 38.8 Å². The van der Waals surface area contributed by atoms with Gasteiger partial charge in [0.15, 0.2) is 0 Å². The molecule has 0 aromatic heterocycles. The first-order valence-corrected chi connectivity index (χ1v) is 7.95. The van der Waals surface area contributed by atoms with Gasteiger partial charge in [-0.1, -0.05) is 60.7 Å². The highest BCUT2D eigenvalue weighted by Crippen LogP contribution is 2.27. The molecule has 0 amide bonds. The van der Waals surface area contributed by atoms with Crippen LogP contribution in [0.15, 0.2) is 60.7 Å². The third-order valence-corrected chi connectivity index (χ3v) is 3.78. The van der Waals surface area contributed by atoms with Gasteiger partial charge in [-0.05, 0) is 38.8 Å². The first kappa shape index (κ1) is 18.5. The van der Waals surface area contributed by atoms with Crippen molar-refractivity contribution in [1.29, 1.82) is 0 Å². The molecule has 5 nitrogen and oxygen atoms in total. The highest BCUT2D eigenvalue weighted by Gasteiger charge is 2.31. The second-order valence-electron chi connectivity index (χ2n) is 6.56. The van der Waals surface area contributed by atoms with E-state index >= 15 is 0 Å². The van der Waals surface area contributed by atoms with Crippen molar-refractivity contribution in [2.45, 2.75) is 38.9 Å². The van der Waals surface area contributed by atoms with Crippen LogP contribution in [-0.2, 0) is 25.4 Å². The van der Waals surface area contributed by atoms with Crippen molar-refractivity contribution in [1.82, 2.24) is 0 Å². The monoisotopic (exact) mass is 342 g/mol. The Morgan fingerprint density at radius 3 is 1.28 bits per heavy atom. The molecule has 132 valence electrons. The molecule has 0 saturated heterocycles. The molecule has 2 aromatic rings. The predicted octanol–water partition coefficient (Wildman–Crippen LogP) is 5.15. The molecule has 0 spiro atoms. The lowest BCUT2D eigenvalue weighted by molar-refractivity contribution is -0.0417. The summed E-state index contributed by atoms with van der Waals surface area (Å²) in [5.74, 6) is 0. The molecule has 2 aromatic carbocycles. The molecule has 0 saturated carbocycles. The average molecular weight is 342 g/mol. The van der Waals surface area contributed by atoms with Gasteiger partial charge in [-0.2, -0.15) is 0 Å². The summed E-state index contributed by atoms with van der Waals surface area (Å²) >= 11 is 0. The molecule has 0 aliphatic rings. The molecule has 0 radical (unpaired) electrons. The molecular formula is C20H22O5. The van der Waals surface area contributed by atoms with Crippen molar-refractivity contribution in [3.05, 3.63) is 71.8 Å². The first-order chi connectivity index (χ1) is 11.7. The van der Waals surface area contributed by atoms with Crippen LogP contribution in [0.25, 0.3) is 0 Å². The lowest BCUT2D eigenvalue weighted by Gasteiger charge is -2.26. The van der Waals surface area contributed by atoms with Gasteiger partial charge in [-0.3, -0.25) is 0 Å². The Kier molecular flexibility index (Phi) is 5.47. The molecular weight excluding hydrogens is 320 g/mol. The van der Waals surface area contributed by atoms with Gasteiger partial charge in [-0.25, -0.2) is 9.59 Å². The second-order valence-corrected chi connectivity index (χ2v) is 6.56. The Labute approximate surface area is 147 Å². The molecule has 0 fully saturated rings. The summed E-state index contributed by atoms with van der Waals surface area (Å²) in [5, 5.41) is 0. The zero-order chi connectivity index (χ0) is 18.5. The minimum atomic E-state index is -1.11. The third kappa shape index (κ3) is 5.08. The molecule has 0 N–H and O–H groups in total. The van der Waals surface area contributed by atoms with Gasteiger partial charge < -0.3 is 14.2 Å². The van der Waals surface area contributed by atoms with Crippen LogP contribution < -0.4 is 0 Å². The summed E-state index contributed by atoms with van der Waals surface area (Å²) in [7, 11) is 0. The summed E-state index contributed by atoms with van der Waals surface area (Å²) in [4.78, 5) is 23.8. The molecule has 0 bridgehead atoms. The summed E-state index contributed by atoms with van der Waals surface area (Å²) in [6.07, 6.45) is -2.22. The van der Waals surface area contributed by atoms with Crippen LogP contribution in [0.3, 0.4) is 0 Å². The fourth-order valence-corrected chi connectivity index (χ4v) is 2.32. The van der Waals surface area contributed by atoms with Crippen LogP contribution in [-0.4, -0.2) is 12.3 Å². The Balaban J connectivity index is 1.95. The molecule has 25 heavy (non-hydrogen) atoms. The quantitative estimate of drug-likeness (QED) is 0.568. The fraction of sp³-hybridized carbons (Fsp3) is 0.300. The number of rotatable bonds is 4. The van der Waals surface area contributed by atoms with Gasteiger partial charge in [0.25, 0.3) is 0 Å². The number of carbonyl (C=O) groups is 2. The number of ether oxygens (including phenoxy) is 3. The zero-order valence-electron chi connectivity index (χ0n) is 14.8. The molecule has 0 heterocycles. The Morgan fingerprint density at radius 1 is 0.640 bits per heavy atom. The number of hydrogen-bond donors (Lipinski definition) is 0. The van der Waals surface area contributed by atoms with E-state index in [1.165, 1.54) is 0 Å². The SMILES string of the molecule is CC(C)(OC(=O)OC(=O)OC(C)(C)c1ccccc1)c1ccccc1. The standard InChI is InChI=1S/C20H22O5/c1-19(2,15-11-7-5-8-12-15)24-17(21)23-18(22)25-20(3,4)16-13-9-6-10-14-16/h5-14H,1-4H3. The Hall–Kier alpha value is -2.82. The first-order valence-electron chi connectivity index (χ1n) is 7.95. The lowest BCUT2D eigenvalue weighted by Crippen LogP contribution is -2.30. The van der Waals surface area contributed by atoms with Gasteiger partial charge in [0, 0.05) is 0 Å². The van der Waals surface area contributed by atoms with Crippen molar-refractivity contribution in [2.24, 2.45) is 0 Å². The maximum atomic E-state index is 11.9. The van der Waals surface area contributed by atoms with Gasteiger partial charge in [0.05, 0.1) is 0 Å². The maximum absolute atomic E-state index is 11.9. The van der Waals surface area contributed by atoms with Crippen LogP contribution in [0.2, 0.25) is 0 Å². The summed E-state index contributed by atoms with van der Waals surface area (Å²) in [6.45, 7) is 6.84. The second kappa shape index (κ2) is 7.38. The van der Waals surface area contributed by atoms with E-state index in [0.29, 0.717) is 0 Å². The third-order valence-electron chi connectivity index (χ3n) is 3.78. The van der Waals surface area contributed by atoms with E-state index in [1.807, 2.05) is 60.7 Å². The van der Waals surface area contributed by atoms with Crippen LogP contribution in [0, 0.1) is 0 Å². The smallest absolute Gasteiger partial charge is 0.423 e. The topological polar surface area (TPSA) is 61.8 Å². The molecule has 0 unspecified atom stereocenters. The molecule has 2 rings (SSSR count). The van der Waals surface area contributed by atoms with Gasteiger partial charge in [0.2, 0.25) is 0 Å². The van der Waals surface area contributed by atoms with E-state index in [2.05, 4.69) is 4.74 Å². The normalized spacial score (nSPS) is 11.5. The highest BCUT2D eigenvalue weighted by molar-refractivity contribution is 5.77. The minimum absolute atomic E-state index is 0.782. The van der Waals surface area contributed by atoms with E-state index in [4.69, 9.17) is 9.47 Å². The number of benzene rings is 2. The van der Waals surface area contributed by atoms with Gasteiger partial charge in [0.1, 0.15) is 11.2 Å². The van der Waals surface area contributed by atoms with E-state index < -0.39 is 23.5 Å². The summed E-state index contributed by atoms with van der Waals surface area (Å²) in [6, 6.07) is 18.4. The Morgan fingerprint density at radius 2 is 0.960 bits per heavy atom. The Bertz CT molecular complexity index is 657. The number of carbonyl (C=O) groups excluding carboxylic acids is 2. The van der Waals surface area contributed by atoms with Crippen molar-refractivity contribution in [3.8, 4) is 0 Å². The summed E-state index contributed by atoms with van der Waals surface area (Å²) < 4.78 is 15.1. The van der Waals surface area contributed by atoms with Gasteiger partial charge in [-0.15, -0.1) is 0 Å².